The number of hydrogen-bond acceptors (Lipinski definition) is 2. The van der Waals surface area contributed by atoms with Crippen LogP contribution in [0.15, 0.2) is 24.3 Å². The molecule has 1 heterocycles. The Kier molecular flexibility index (Phi) is 2.23. The van der Waals surface area contributed by atoms with Crippen LogP contribution in [0.5, 0.6) is 0 Å². The molecule has 0 radical (unpaired) electrons. The highest BCUT2D eigenvalue weighted by Gasteiger charge is 2.18. The highest BCUT2D eigenvalue weighted by atomic mass is 16.3. The van der Waals surface area contributed by atoms with Crippen LogP contribution in [0.25, 0.3) is 0 Å². The molecule has 2 atom stereocenters. The average Bonchev–Trinajstić information content (AvgIpc) is 2.27. The molecule has 0 amide bonds. The number of aliphatic hydroxyl groups excluding tert-OH is 1. The molecule has 2 N–H and O–H groups in total. The summed E-state index contributed by atoms with van der Waals surface area (Å²) in [6.45, 7) is 2.15. The van der Waals surface area contributed by atoms with Crippen molar-refractivity contribution in [3.63, 3.8) is 0 Å². The van der Waals surface area contributed by atoms with Gasteiger partial charge in [-0.3, -0.25) is 0 Å². The number of para-hydroxylation sites is 1. The van der Waals surface area contributed by atoms with Crippen molar-refractivity contribution in [2.24, 2.45) is 0 Å². The van der Waals surface area contributed by atoms with Crippen LogP contribution in [0.1, 0.15) is 31.4 Å². The largest absolute Gasteiger partial charge is 0.388 e. The Labute approximate surface area is 78.6 Å². The van der Waals surface area contributed by atoms with Crippen molar-refractivity contribution in [2.45, 2.75) is 31.9 Å². The highest BCUT2D eigenvalue weighted by Crippen LogP contribution is 2.30. The van der Waals surface area contributed by atoms with Crippen LogP contribution in [0.3, 0.4) is 0 Å². The number of rotatable bonds is 0. The molecule has 0 unspecified atom stereocenters. The Morgan fingerprint density at radius 2 is 2.08 bits per heavy atom. The lowest BCUT2D eigenvalue weighted by Gasteiger charge is -2.12. The molecule has 70 valence electrons. The molecule has 2 heteroatoms. The smallest absolute Gasteiger partial charge is 0.0810 e. The van der Waals surface area contributed by atoms with Gasteiger partial charge in [0.05, 0.1) is 6.10 Å². The molecule has 0 fully saturated rings. The van der Waals surface area contributed by atoms with Crippen molar-refractivity contribution in [1.82, 2.24) is 0 Å². The lowest BCUT2D eigenvalue weighted by molar-refractivity contribution is 0.166. The predicted molar refractivity (Wildman–Crippen MR) is 53.7 cm³/mol. The van der Waals surface area contributed by atoms with E-state index in [9.17, 15) is 5.11 Å². The van der Waals surface area contributed by atoms with Crippen molar-refractivity contribution in [3.8, 4) is 0 Å². The maximum Gasteiger partial charge on any atom is 0.0810 e. The van der Waals surface area contributed by atoms with Crippen molar-refractivity contribution >= 4 is 5.69 Å². The quantitative estimate of drug-likeness (QED) is 0.637. The van der Waals surface area contributed by atoms with E-state index in [1.165, 1.54) is 0 Å². The molecule has 0 aliphatic carbocycles. The summed E-state index contributed by atoms with van der Waals surface area (Å²) in [6.07, 6.45) is 1.58. The van der Waals surface area contributed by atoms with Crippen LogP contribution in [-0.4, -0.2) is 11.1 Å². The molecule has 0 saturated carbocycles. The van der Waals surface area contributed by atoms with Crippen LogP contribution >= 0.6 is 0 Å². The summed E-state index contributed by atoms with van der Waals surface area (Å²) >= 11 is 0. The van der Waals surface area contributed by atoms with E-state index in [0.717, 1.165) is 24.1 Å². The number of anilines is 1. The SMILES string of the molecule is C[C@@H]1CC[C@H](O)c2ccccc2N1. The molecule has 1 aromatic rings. The topological polar surface area (TPSA) is 32.3 Å². The standard InChI is InChI=1S/C11H15NO/c1-8-6-7-11(13)9-4-2-3-5-10(9)12-8/h2-5,8,11-13H,6-7H2,1H3/t8-,11+/m1/s1. The molecule has 1 aliphatic rings. The fourth-order valence-corrected chi connectivity index (χ4v) is 1.82. The summed E-state index contributed by atoms with van der Waals surface area (Å²) in [6, 6.07) is 8.44. The first-order valence-corrected chi connectivity index (χ1v) is 4.81. The van der Waals surface area contributed by atoms with Crippen LogP contribution in [0.2, 0.25) is 0 Å². The molecule has 0 saturated heterocycles. The molecule has 0 bridgehead atoms. The van der Waals surface area contributed by atoms with Gasteiger partial charge in [0.1, 0.15) is 0 Å². The number of nitrogens with one attached hydrogen (secondary N) is 1. The summed E-state index contributed by atoms with van der Waals surface area (Å²) in [5, 5.41) is 13.2. The lowest BCUT2D eigenvalue weighted by Crippen LogP contribution is -2.12. The first-order valence-electron chi connectivity index (χ1n) is 4.81. The number of hydrogen-bond donors (Lipinski definition) is 2. The second kappa shape index (κ2) is 3.38. The first-order chi connectivity index (χ1) is 6.27. The minimum absolute atomic E-state index is 0.298. The third-order valence-electron chi connectivity index (χ3n) is 2.59. The first kappa shape index (κ1) is 8.57. The van der Waals surface area contributed by atoms with E-state index in [2.05, 4.69) is 12.2 Å². The fraction of sp³-hybridized carbons (Fsp3) is 0.455. The van der Waals surface area contributed by atoms with Crippen LogP contribution < -0.4 is 5.32 Å². The normalized spacial score (nSPS) is 27.2. The highest BCUT2D eigenvalue weighted by molar-refractivity contribution is 5.53. The number of benzene rings is 1. The Balaban J connectivity index is 2.38. The van der Waals surface area contributed by atoms with Crippen molar-refractivity contribution in [2.75, 3.05) is 5.32 Å². The van der Waals surface area contributed by atoms with Gasteiger partial charge in [-0.2, -0.15) is 0 Å². The molecule has 13 heavy (non-hydrogen) atoms. The van der Waals surface area contributed by atoms with Gasteiger partial charge < -0.3 is 10.4 Å². The second-order valence-electron chi connectivity index (χ2n) is 3.73. The van der Waals surface area contributed by atoms with Crippen LogP contribution in [-0.2, 0) is 0 Å². The van der Waals surface area contributed by atoms with Crippen LogP contribution in [0, 0.1) is 0 Å². The molecular formula is C11H15NO. The molecule has 0 aromatic heterocycles. The predicted octanol–water partition coefficient (Wildman–Crippen LogP) is 2.31. The van der Waals surface area contributed by atoms with Gasteiger partial charge in [0.25, 0.3) is 0 Å². The van der Waals surface area contributed by atoms with E-state index in [4.69, 9.17) is 0 Å². The zero-order valence-corrected chi connectivity index (χ0v) is 7.83. The Bertz CT molecular complexity index is 298. The zero-order valence-electron chi connectivity index (χ0n) is 7.83. The van der Waals surface area contributed by atoms with E-state index in [1.54, 1.807) is 0 Å². The monoisotopic (exact) mass is 177 g/mol. The average molecular weight is 177 g/mol. The lowest BCUT2D eigenvalue weighted by atomic mass is 10.0. The maximum absolute atomic E-state index is 9.82. The van der Waals surface area contributed by atoms with Gasteiger partial charge in [-0.25, -0.2) is 0 Å². The molecule has 1 aliphatic heterocycles. The zero-order chi connectivity index (χ0) is 9.26. The van der Waals surface area contributed by atoms with Gasteiger partial charge in [-0.05, 0) is 25.8 Å². The van der Waals surface area contributed by atoms with Crippen LogP contribution in [0.4, 0.5) is 5.69 Å². The van der Waals surface area contributed by atoms with Gasteiger partial charge >= 0.3 is 0 Å². The van der Waals surface area contributed by atoms with E-state index in [1.807, 2.05) is 24.3 Å². The number of aliphatic hydroxyl groups is 1. The van der Waals surface area contributed by atoms with Crippen molar-refractivity contribution < 1.29 is 5.11 Å². The fourth-order valence-electron chi connectivity index (χ4n) is 1.82. The second-order valence-corrected chi connectivity index (χ2v) is 3.73. The van der Waals surface area contributed by atoms with Gasteiger partial charge in [0.15, 0.2) is 0 Å². The summed E-state index contributed by atoms with van der Waals surface area (Å²) < 4.78 is 0. The molecule has 2 rings (SSSR count). The Morgan fingerprint density at radius 3 is 2.92 bits per heavy atom. The van der Waals surface area contributed by atoms with Gasteiger partial charge in [0.2, 0.25) is 0 Å². The third-order valence-corrected chi connectivity index (χ3v) is 2.59. The molecule has 0 spiro atoms. The maximum atomic E-state index is 9.82. The summed E-state index contributed by atoms with van der Waals surface area (Å²) in [7, 11) is 0. The van der Waals surface area contributed by atoms with Crippen molar-refractivity contribution in [3.05, 3.63) is 29.8 Å². The van der Waals surface area contributed by atoms with E-state index in [-0.39, 0.29) is 6.10 Å². The molecule has 2 nitrogen and oxygen atoms in total. The molecular weight excluding hydrogens is 162 g/mol. The van der Waals surface area contributed by atoms with Gasteiger partial charge in [-0.15, -0.1) is 0 Å². The van der Waals surface area contributed by atoms with Gasteiger partial charge in [0, 0.05) is 17.3 Å². The Morgan fingerprint density at radius 1 is 1.31 bits per heavy atom. The van der Waals surface area contributed by atoms with E-state index >= 15 is 0 Å². The minimum Gasteiger partial charge on any atom is -0.388 e. The summed E-state index contributed by atoms with van der Waals surface area (Å²) in [4.78, 5) is 0. The molecule has 1 aromatic carbocycles. The minimum atomic E-state index is -0.298. The van der Waals surface area contributed by atoms with E-state index < -0.39 is 0 Å². The third kappa shape index (κ3) is 1.68. The Hall–Kier alpha value is -1.02. The van der Waals surface area contributed by atoms with Gasteiger partial charge in [-0.1, -0.05) is 18.2 Å². The summed E-state index contributed by atoms with van der Waals surface area (Å²) in [5.74, 6) is 0. The summed E-state index contributed by atoms with van der Waals surface area (Å²) in [5.41, 5.74) is 2.12. The van der Waals surface area contributed by atoms with Crippen molar-refractivity contribution in [1.29, 1.82) is 0 Å². The number of fused-ring (bicyclic) bond motifs is 1. The van der Waals surface area contributed by atoms with E-state index in [0.29, 0.717) is 6.04 Å².